The Balaban J connectivity index is 1.71. The lowest BCUT2D eigenvalue weighted by atomic mass is 9.94. The van der Waals surface area contributed by atoms with E-state index in [2.05, 4.69) is 17.3 Å². The maximum atomic E-state index is 12.8. The monoisotopic (exact) mass is 304 g/mol. The van der Waals surface area contributed by atoms with E-state index in [1.165, 1.54) is 0 Å². The summed E-state index contributed by atoms with van der Waals surface area (Å²) in [5.41, 5.74) is 0.720. The van der Waals surface area contributed by atoms with E-state index >= 15 is 0 Å². The van der Waals surface area contributed by atoms with E-state index in [-0.39, 0.29) is 23.5 Å². The second-order valence-corrected chi connectivity index (χ2v) is 6.39. The van der Waals surface area contributed by atoms with Crippen molar-refractivity contribution in [3.63, 3.8) is 0 Å². The molecule has 1 amide bonds. The number of carbonyl (C=O) groups excluding carboxylic acids is 1. The van der Waals surface area contributed by atoms with Gasteiger partial charge < -0.3 is 19.7 Å². The van der Waals surface area contributed by atoms with E-state index < -0.39 is 0 Å². The fourth-order valence-corrected chi connectivity index (χ4v) is 3.33. The number of hydrogen-bond acceptors (Lipinski definition) is 4. The zero-order chi connectivity index (χ0) is 15.7. The van der Waals surface area contributed by atoms with E-state index in [0.29, 0.717) is 0 Å². The highest BCUT2D eigenvalue weighted by Gasteiger charge is 2.52. The van der Waals surface area contributed by atoms with Crippen LogP contribution in [0.5, 0.6) is 5.75 Å². The number of hydrogen-bond donors (Lipinski definition) is 1. The Labute approximate surface area is 131 Å². The highest BCUT2D eigenvalue weighted by atomic mass is 16.5. The fourth-order valence-electron chi connectivity index (χ4n) is 3.33. The molecular formula is C17H24N2O3. The zero-order valence-corrected chi connectivity index (χ0v) is 13.5. The molecule has 0 unspecified atom stereocenters. The molecule has 1 aliphatic heterocycles. The average Bonchev–Trinajstić information content (AvgIpc) is 3.27. The molecule has 5 heteroatoms. The van der Waals surface area contributed by atoms with Crippen LogP contribution in [0.1, 0.15) is 18.4 Å². The number of nitrogens with zero attached hydrogens (tertiary/aromatic N) is 1. The third-order valence-electron chi connectivity index (χ3n) is 4.90. The van der Waals surface area contributed by atoms with Crippen molar-refractivity contribution in [1.82, 2.24) is 10.2 Å². The average molecular weight is 304 g/mol. The minimum atomic E-state index is -0.355. The van der Waals surface area contributed by atoms with Gasteiger partial charge in [-0.2, -0.15) is 0 Å². The lowest BCUT2D eigenvalue weighted by molar-refractivity contribution is -0.124. The number of ether oxygens (including phenoxy) is 2. The van der Waals surface area contributed by atoms with Crippen molar-refractivity contribution in [1.29, 1.82) is 0 Å². The van der Waals surface area contributed by atoms with Crippen LogP contribution < -0.4 is 10.1 Å². The summed E-state index contributed by atoms with van der Waals surface area (Å²) in [7, 11) is 5.41. The SMILES string of the molecule is COc1ccc(C2(C(=O)N[C@@H]3CN(C)C[C@H]3OC)CC2)cc1. The van der Waals surface area contributed by atoms with E-state index in [1.54, 1.807) is 14.2 Å². The minimum Gasteiger partial charge on any atom is -0.497 e. The smallest absolute Gasteiger partial charge is 0.231 e. The molecule has 1 saturated heterocycles. The van der Waals surface area contributed by atoms with Crippen LogP contribution in [0.2, 0.25) is 0 Å². The van der Waals surface area contributed by atoms with Gasteiger partial charge in [0.15, 0.2) is 0 Å². The molecule has 1 aliphatic carbocycles. The summed E-state index contributed by atoms with van der Waals surface area (Å²) in [5, 5.41) is 3.20. The van der Waals surface area contributed by atoms with Gasteiger partial charge in [-0.05, 0) is 37.6 Å². The maximum Gasteiger partial charge on any atom is 0.231 e. The molecule has 22 heavy (non-hydrogen) atoms. The van der Waals surface area contributed by atoms with Crippen LogP contribution >= 0.6 is 0 Å². The van der Waals surface area contributed by atoms with Crippen molar-refractivity contribution in [2.24, 2.45) is 0 Å². The quantitative estimate of drug-likeness (QED) is 0.887. The first-order valence-electron chi connectivity index (χ1n) is 7.76. The van der Waals surface area contributed by atoms with Crippen molar-refractivity contribution in [3.8, 4) is 5.75 Å². The van der Waals surface area contributed by atoms with Gasteiger partial charge >= 0.3 is 0 Å². The molecule has 0 spiro atoms. The number of carbonyl (C=O) groups is 1. The van der Waals surface area contributed by atoms with E-state index in [4.69, 9.17) is 9.47 Å². The second-order valence-electron chi connectivity index (χ2n) is 6.39. The van der Waals surface area contributed by atoms with Gasteiger partial charge in [-0.1, -0.05) is 12.1 Å². The topological polar surface area (TPSA) is 50.8 Å². The highest BCUT2D eigenvalue weighted by molar-refractivity contribution is 5.91. The number of likely N-dealkylation sites (tertiary alicyclic amines) is 1. The van der Waals surface area contributed by atoms with Crippen LogP contribution in [-0.4, -0.2) is 57.3 Å². The van der Waals surface area contributed by atoms with Crippen LogP contribution in [0.25, 0.3) is 0 Å². The second kappa shape index (κ2) is 5.89. The van der Waals surface area contributed by atoms with E-state index in [9.17, 15) is 4.79 Å². The summed E-state index contributed by atoms with van der Waals surface area (Å²) in [6.07, 6.45) is 1.89. The Morgan fingerprint density at radius 1 is 1.23 bits per heavy atom. The van der Waals surface area contributed by atoms with Gasteiger partial charge in [-0.3, -0.25) is 4.79 Å². The Morgan fingerprint density at radius 2 is 1.91 bits per heavy atom. The Morgan fingerprint density at radius 3 is 2.45 bits per heavy atom. The summed E-state index contributed by atoms with van der Waals surface area (Å²) in [6.45, 7) is 1.69. The molecule has 1 aromatic carbocycles. The number of methoxy groups -OCH3 is 2. The molecule has 0 radical (unpaired) electrons. The first kappa shape index (κ1) is 15.3. The standard InChI is InChI=1S/C17H24N2O3/c1-19-10-14(15(11-19)22-3)18-16(20)17(8-9-17)12-4-6-13(21-2)7-5-12/h4-7,14-15H,8-11H2,1-3H3,(H,18,20)/t14-,15-/m1/s1. The van der Waals surface area contributed by atoms with Gasteiger partial charge in [-0.25, -0.2) is 0 Å². The predicted molar refractivity (Wildman–Crippen MR) is 84.1 cm³/mol. The normalized spacial score (nSPS) is 26.7. The summed E-state index contributed by atoms with van der Waals surface area (Å²) >= 11 is 0. The van der Waals surface area contributed by atoms with E-state index in [0.717, 1.165) is 37.2 Å². The summed E-state index contributed by atoms with van der Waals surface area (Å²) in [6, 6.07) is 7.91. The highest BCUT2D eigenvalue weighted by Crippen LogP contribution is 2.48. The van der Waals surface area contributed by atoms with Crippen molar-refractivity contribution in [3.05, 3.63) is 29.8 Å². The maximum absolute atomic E-state index is 12.8. The summed E-state index contributed by atoms with van der Waals surface area (Å²) < 4.78 is 10.7. The van der Waals surface area contributed by atoms with Crippen LogP contribution in [0.15, 0.2) is 24.3 Å². The molecule has 1 saturated carbocycles. The third-order valence-corrected chi connectivity index (χ3v) is 4.90. The molecule has 0 aromatic heterocycles. The molecular weight excluding hydrogens is 280 g/mol. The van der Waals surface area contributed by atoms with Gasteiger partial charge in [0.2, 0.25) is 5.91 Å². The van der Waals surface area contributed by atoms with Crippen LogP contribution in [0.4, 0.5) is 0 Å². The summed E-state index contributed by atoms with van der Waals surface area (Å²) in [5.74, 6) is 0.942. The van der Waals surface area contributed by atoms with Crippen molar-refractivity contribution >= 4 is 5.91 Å². The fraction of sp³-hybridized carbons (Fsp3) is 0.588. The molecule has 1 N–H and O–H groups in total. The molecule has 3 rings (SSSR count). The van der Waals surface area contributed by atoms with E-state index in [1.807, 2.05) is 24.3 Å². The number of nitrogens with one attached hydrogen (secondary N) is 1. The van der Waals surface area contributed by atoms with Crippen LogP contribution in [0, 0.1) is 0 Å². The lowest BCUT2D eigenvalue weighted by Gasteiger charge is -2.23. The molecule has 120 valence electrons. The summed E-state index contributed by atoms with van der Waals surface area (Å²) in [4.78, 5) is 15.0. The number of amides is 1. The van der Waals surface area contributed by atoms with Gasteiger partial charge in [0.25, 0.3) is 0 Å². The molecule has 2 aliphatic rings. The zero-order valence-electron chi connectivity index (χ0n) is 13.5. The van der Waals surface area contributed by atoms with Crippen molar-refractivity contribution in [2.75, 3.05) is 34.4 Å². The van der Waals surface area contributed by atoms with Gasteiger partial charge in [0.1, 0.15) is 5.75 Å². The van der Waals surface area contributed by atoms with Crippen LogP contribution in [0.3, 0.4) is 0 Å². The van der Waals surface area contributed by atoms with Crippen molar-refractivity contribution < 1.29 is 14.3 Å². The number of rotatable bonds is 5. The third kappa shape index (κ3) is 2.71. The van der Waals surface area contributed by atoms with Crippen molar-refractivity contribution in [2.45, 2.75) is 30.4 Å². The van der Waals surface area contributed by atoms with Gasteiger partial charge in [0.05, 0.1) is 24.7 Å². The Bertz CT molecular complexity index is 539. The number of benzene rings is 1. The molecule has 1 heterocycles. The molecule has 5 nitrogen and oxygen atoms in total. The first-order chi connectivity index (χ1) is 10.6. The minimum absolute atomic E-state index is 0.0678. The molecule has 2 fully saturated rings. The Hall–Kier alpha value is -1.59. The number of likely N-dealkylation sites (N-methyl/N-ethyl adjacent to an activating group) is 1. The largest absolute Gasteiger partial charge is 0.497 e. The van der Waals surface area contributed by atoms with Gasteiger partial charge in [0, 0.05) is 20.2 Å². The Kier molecular flexibility index (Phi) is 4.10. The lowest BCUT2D eigenvalue weighted by Crippen LogP contribution is -2.47. The van der Waals surface area contributed by atoms with Crippen LogP contribution in [-0.2, 0) is 14.9 Å². The predicted octanol–water partition coefficient (Wildman–Crippen LogP) is 1.17. The molecule has 1 aromatic rings. The molecule has 0 bridgehead atoms. The molecule has 2 atom stereocenters. The van der Waals surface area contributed by atoms with Gasteiger partial charge in [-0.15, -0.1) is 0 Å². The first-order valence-corrected chi connectivity index (χ1v) is 7.76.